The fourth-order valence-electron chi connectivity index (χ4n) is 4.01. The number of benzene rings is 3. The Hall–Kier alpha value is -1.76. The van der Waals surface area contributed by atoms with Gasteiger partial charge in [0.25, 0.3) is 0 Å². The highest BCUT2D eigenvalue weighted by atomic mass is 35.5. The van der Waals surface area contributed by atoms with E-state index in [-0.39, 0.29) is 0 Å². The van der Waals surface area contributed by atoms with E-state index in [2.05, 4.69) is 44.3 Å². The molecule has 0 radical (unpaired) electrons. The Morgan fingerprint density at radius 2 is 1.62 bits per heavy atom. The Kier molecular flexibility index (Phi) is 7.33. The minimum absolute atomic E-state index is 0.339. The normalized spacial score (nSPS) is 14.8. The van der Waals surface area contributed by atoms with Gasteiger partial charge in [-0.15, -0.1) is 0 Å². The lowest BCUT2D eigenvalue weighted by Crippen LogP contribution is -2.28. The first-order chi connectivity index (χ1) is 15.4. The summed E-state index contributed by atoms with van der Waals surface area (Å²) in [5.74, 6) is 0. The first-order valence-electron chi connectivity index (χ1n) is 10.4. The van der Waals surface area contributed by atoms with Crippen LogP contribution in [0.2, 0.25) is 15.1 Å². The number of nitrogens with zero attached hydrogens (tertiary/aromatic N) is 2. The van der Waals surface area contributed by atoms with Gasteiger partial charge in [-0.25, -0.2) is 13.3 Å². The summed E-state index contributed by atoms with van der Waals surface area (Å²) < 4.78 is 20.6. The molecule has 8 heteroatoms. The number of para-hydroxylation sites is 1. The minimum atomic E-state index is -2.85. The molecule has 0 bridgehead atoms. The van der Waals surface area contributed by atoms with Crippen molar-refractivity contribution in [2.75, 3.05) is 25.0 Å². The molecule has 1 aliphatic heterocycles. The highest BCUT2D eigenvalue weighted by molar-refractivity contribution is 7.91. The zero-order valence-electron chi connectivity index (χ0n) is 17.7. The highest BCUT2D eigenvalue weighted by Crippen LogP contribution is 2.37. The van der Waals surface area contributed by atoms with Crippen LogP contribution < -0.4 is 9.62 Å². The standard InChI is InChI=1S/C24H24Cl3N3OS/c1-28-32(31,24-12-11-19(25)15-21(24)27)29-13-4-14-30-22-6-3-2-5-17(22)7-8-18-9-10-20(26)16-23(18)30/h2-3,5-6,9-12,15-16H,4,7-8,13-14H2,1H3,(H,28,29,31). The van der Waals surface area contributed by atoms with Crippen molar-refractivity contribution in [1.29, 1.82) is 0 Å². The third-order valence-corrected chi connectivity index (χ3v) is 8.55. The second-order valence-electron chi connectivity index (χ2n) is 7.58. The zero-order chi connectivity index (χ0) is 22.7. The number of aryl methyl sites for hydroxylation is 2. The first kappa shape index (κ1) is 23.4. The first-order valence-corrected chi connectivity index (χ1v) is 13.0. The fraction of sp³-hybridized carbons (Fsp3) is 0.250. The average molecular weight is 509 g/mol. The van der Waals surface area contributed by atoms with Gasteiger partial charge in [0.1, 0.15) is 9.92 Å². The molecule has 1 heterocycles. The number of hydrogen-bond donors (Lipinski definition) is 1. The SMILES string of the molecule is CN=S(=O)(NCCCN1c2ccccc2CCc2ccc(Cl)cc21)c1ccc(Cl)cc1Cl. The Labute approximate surface area is 204 Å². The topological polar surface area (TPSA) is 44.7 Å². The van der Waals surface area contributed by atoms with E-state index in [9.17, 15) is 4.21 Å². The molecule has 0 saturated heterocycles. The lowest BCUT2D eigenvalue weighted by molar-refractivity contribution is 0.659. The predicted molar refractivity (Wildman–Crippen MR) is 136 cm³/mol. The number of anilines is 2. The third kappa shape index (κ3) is 4.92. The van der Waals surface area contributed by atoms with Crippen LogP contribution in [0.15, 0.2) is 69.9 Å². The van der Waals surface area contributed by atoms with Crippen LogP contribution in [0.25, 0.3) is 0 Å². The van der Waals surface area contributed by atoms with Crippen LogP contribution in [-0.4, -0.2) is 24.3 Å². The lowest BCUT2D eigenvalue weighted by atomic mass is 10.0. The molecule has 168 valence electrons. The van der Waals surface area contributed by atoms with Gasteiger partial charge in [-0.2, -0.15) is 0 Å². The number of nitrogens with one attached hydrogen (secondary N) is 1. The Morgan fingerprint density at radius 3 is 2.38 bits per heavy atom. The molecule has 0 fully saturated rings. The van der Waals surface area contributed by atoms with Gasteiger partial charge in [0, 0.05) is 41.6 Å². The smallest absolute Gasteiger partial charge is 0.138 e. The van der Waals surface area contributed by atoms with E-state index in [1.54, 1.807) is 18.2 Å². The van der Waals surface area contributed by atoms with Gasteiger partial charge < -0.3 is 4.90 Å². The summed E-state index contributed by atoms with van der Waals surface area (Å²) in [6, 6.07) is 19.5. The van der Waals surface area contributed by atoms with Crippen LogP contribution in [-0.2, 0) is 22.8 Å². The molecule has 1 N–H and O–H groups in total. The Morgan fingerprint density at radius 1 is 0.938 bits per heavy atom. The van der Waals surface area contributed by atoms with Crippen LogP contribution in [0.3, 0.4) is 0 Å². The number of halogens is 3. The molecular formula is C24H24Cl3N3OS. The zero-order valence-corrected chi connectivity index (χ0v) is 20.7. The molecule has 0 spiro atoms. The van der Waals surface area contributed by atoms with Crippen LogP contribution in [0.1, 0.15) is 17.5 Å². The largest absolute Gasteiger partial charge is 0.341 e. The molecule has 32 heavy (non-hydrogen) atoms. The van der Waals surface area contributed by atoms with Gasteiger partial charge in [0.05, 0.1) is 9.92 Å². The van der Waals surface area contributed by atoms with Gasteiger partial charge in [0.15, 0.2) is 0 Å². The monoisotopic (exact) mass is 507 g/mol. The van der Waals surface area contributed by atoms with E-state index in [1.807, 2.05) is 12.1 Å². The Balaban J connectivity index is 1.54. The molecule has 0 amide bonds. The summed E-state index contributed by atoms with van der Waals surface area (Å²) in [7, 11) is -1.31. The minimum Gasteiger partial charge on any atom is -0.341 e. The van der Waals surface area contributed by atoms with Crippen molar-refractivity contribution in [2.24, 2.45) is 4.36 Å². The molecule has 3 aromatic carbocycles. The average Bonchev–Trinajstić information content (AvgIpc) is 2.93. The summed E-state index contributed by atoms with van der Waals surface area (Å²) in [6.07, 6.45) is 2.70. The van der Waals surface area contributed by atoms with Gasteiger partial charge >= 0.3 is 0 Å². The van der Waals surface area contributed by atoms with Crippen molar-refractivity contribution in [1.82, 2.24) is 4.72 Å². The van der Waals surface area contributed by atoms with Crippen molar-refractivity contribution in [3.05, 3.63) is 86.9 Å². The van der Waals surface area contributed by atoms with Crippen LogP contribution in [0, 0.1) is 0 Å². The molecule has 0 aromatic heterocycles. The second-order valence-corrected chi connectivity index (χ2v) is 11.0. The van der Waals surface area contributed by atoms with E-state index in [0.717, 1.165) is 36.5 Å². The molecular weight excluding hydrogens is 485 g/mol. The summed E-state index contributed by atoms with van der Waals surface area (Å²) in [4.78, 5) is 2.76. The molecule has 1 atom stereocenters. The van der Waals surface area contributed by atoms with E-state index < -0.39 is 9.92 Å². The lowest BCUT2D eigenvalue weighted by Gasteiger charge is -2.27. The number of hydrogen-bond acceptors (Lipinski definition) is 3. The van der Waals surface area contributed by atoms with Gasteiger partial charge in [-0.1, -0.05) is 59.1 Å². The van der Waals surface area contributed by atoms with Gasteiger partial charge in [-0.3, -0.25) is 0 Å². The van der Waals surface area contributed by atoms with E-state index >= 15 is 0 Å². The van der Waals surface area contributed by atoms with E-state index in [4.69, 9.17) is 34.8 Å². The summed E-state index contributed by atoms with van der Waals surface area (Å²) in [5.41, 5.74) is 4.91. The summed E-state index contributed by atoms with van der Waals surface area (Å²) >= 11 is 18.6. The van der Waals surface area contributed by atoms with Crippen molar-refractivity contribution < 1.29 is 4.21 Å². The summed E-state index contributed by atoms with van der Waals surface area (Å²) in [6.45, 7) is 1.24. The molecule has 0 saturated carbocycles. The molecule has 0 aliphatic carbocycles. The Bertz CT molecular complexity index is 1250. The quantitative estimate of drug-likeness (QED) is 0.367. The van der Waals surface area contributed by atoms with Gasteiger partial charge in [0.2, 0.25) is 0 Å². The maximum atomic E-state index is 13.4. The van der Waals surface area contributed by atoms with Crippen molar-refractivity contribution in [2.45, 2.75) is 24.2 Å². The van der Waals surface area contributed by atoms with Crippen molar-refractivity contribution in [3.8, 4) is 0 Å². The molecule has 4 nitrogen and oxygen atoms in total. The van der Waals surface area contributed by atoms with E-state index in [1.165, 1.54) is 23.9 Å². The molecule has 1 aliphatic rings. The van der Waals surface area contributed by atoms with Crippen molar-refractivity contribution in [3.63, 3.8) is 0 Å². The maximum Gasteiger partial charge on any atom is 0.138 e. The summed E-state index contributed by atoms with van der Waals surface area (Å²) in [5, 5.41) is 1.55. The molecule has 1 unspecified atom stereocenters. The predicted octanol–water partition coefficient (Wildman–Crippen LogP) is 6.94. The molecule has 4 rings (SSSR count). The number of rotatable bonds is 6. The van der Waals surface area contributed by atoms with Crippen molar-refractivity contribution >= 4 is 56.1 Å². The van der Waals surface area contributed by atoms with E-state index in [0.29, 0.717) is 21.5 Å². The number of fused-ring (bicyclic) bond motifs is 2. The highest BCUT2D eigenvalue weighted by Gasteiger charge is 2.21. The van der Waals surface area contributed by atoms with Gasteiger partial charge in [-0.05, 0) is 66.8 Å². The second kappa shape index (κ2) is 10.0. The maximum absolute atomic E-state index is 13.4. The third-order valence-electron chi connectivity index (χ3n) is 5.59. The molecule has 3 aromatic rings. The fourth-order valence-corrected chi connectivity index (χ4v) is 6.38. The van der Waals surface area contributed by atoms with Crippen LogP contribution >= 0.6 is 34.8 Å². The van der Waals surface area contributed by atoms with Crippen LogP contribution in [0.4, 0.5) is 11.4 Å². The van der Waals surface area contributed by atoms with Crippen LogP contribution in [0.5, 0.6) is 0 Å².